The topological polar surface area (TPSA) is 50.2 Å². The van der Waals surface area contributed by atoms with E-state index in [-0.39, 0.29) is 10.7 Å². The molecular weight excluding hydrogens is 202 g/mol. The van der Waals surface area contributed by atoms with E-state index < -0.39 is 5.97 Å². The smallest absolute Gasteiger partial charge is 0.338 e. The zero-order chi connectivity index (χ0) is 10.1. The first-order chi connectivity index (χ1) is 6.68. The van der Waals surface area contributed by atoms with Crippen LogP contribution in [0.2, 0.25) is 5.15 Å². The lowest BCUT2D eigenvalue weighted by Gasteiger charge is -2.25. The van der Waals surface area contributed by atoms with E-state index in [2.05, 4.69) is 4.98 Å². The highest BCUT2D eigenvalue weighted by atomic mass is 35.5. The van der Waals surface area contributed by atoms with Gasteiger partial charge in [-0.25, -0.2) is 9.78 Å². The van der Waals surface area contributed by atoms with Gasteiger partial charge < -0.3 is 5.11 Å². The van der Waals surface area contributed by atoms with Gasteiger partial charge in [-0.05, 0) is 30.4 Å². The van der Waals surface area contributed by atoms with Crippen molar-refractivity contribution in [1.82, 2.24) is 4.98 Å². The summed E-state index contributed by atoms with van der Waals surface area (Å²) in [7, 11) is 0. The Morgan fingerprint density at radius 3 is 2.79 bits per heavy atom. The number of aromatic carboxylic acids is 1. The third-order valence-electron chi connectivity index (χ3n) is 2.67. The van der Waals surface area contributed by atoms with Crippen LogP contribution in [0, 0.1) is 0 Å². The molecule has 1 aliphatic rings. The second-order valence-corrected chi connectivity index (χ2v) is 3.90. The average molecular weight is 212 g/mol. The fraction of sp³-hybridized carbons (Fsp3) is 0.400. The lowest BCUT2D eigenvalue weighted by Crippen LogP contribution is -2.10. The maximum absolute atomic E-state index is 10.8. The molecule has 1 heterocycles. The van der Waals surface area contributed by atoms with E-state index in [0.29, 0.717) is 5.92 Å². The quantitative estimate of drug-likeness (QED) is 0.766. The van der Waals surface area contributed by atoms with Crippen molar-refractivity contribution in [3.05, 3.63) is 28.5 Å². The Balaban J connectivity index is 2.34. The van der Waals surface area contributed by atoms with E-state index in [1.54, 1.807) is 12.3 Å². The molecule has 0 unspecified atom stereocenters. The van der Waals surface area contributed by atoms with Crippen molar-refractivity contribution >= 4 is 17.6 Å². The molecule has 74 valence electrons. The molecule has 1 aliphatic carbocycles. The molecular formula is C10H10ClNO2. The maximum Gasteiger partial charge on any atom is 0.338 e. The van der Waals surface area contributed by atoms with Gasteiger partial charge in [0.25, 0.3) is 0 Å². The standard InChI is InChI=1S/C10H10ClNO2/c11-9-8(10(13)14)4-7(5-12-9)6-2-1-3-6/h4-6H,1-3H2,(H,13,14). The lowest BCUT2D eigenvalue weighted by atomic mass is 9.80. The molecule has 0 radical (unpaired) electrons. The van der Waals surface area contributed by atoms with Gasteiger partial charge in [0.2, 0.25) is 0 Å². The van der Waals surface area contributed by atoms with Crippen LogP contribution in [-0.4, -0.2) is 16.1 Å². The van der Waals surface area contributed by atoms with Crippen molar-refractivity contribution in [3.8, 4) is 0 Å². The summed E-state index contributed by atoms with van der Waals surface area (Å²) in [6.07, 6.45) is 5.15. The molecule has 1 aromatic rings. The van der Waals surface area contributed by atoms with Crippen LogP contribution in [-0.2, 0) is 0 Å². The van der Waals surface area contributed by atoms with Crippen molar-refractivity contribution in [2.45, 2.75) is 25.2 Å². The fourth-order valence-electron chi connectivity index (χ4n) is 1.58. The van der Waals surface area contributed by atoms with Gasteiger partial charge >= 0.3 is 5.97 Å². The normalized spacial score (nSPS) is 16.4. The number of carboxylic acid groups (broad SMARTS) is 1. The van der Waals surface area contributed by atoms with Crippen LogP contribution in [0.5, 0.6) is 0 Å². The monoisotopic (exact) mass is 211 g/mol. The molecule has 1 N–H and O–H groups in total. The molecule has 0 bridgehead atoms. The van der Waals surface area contributed by atoms with Gasteiger partial charge in [-0.2, -0.15) is 0 Å². The minimum atomic E-state index is -1.01. The number of hydrogen-bond donors (Lipinski definition) is 1. The largest absolute Gasteiger partial charge is 0.478 e. The van der Waals surface area contributed by atoms with Gasteiger partial charge in [-0.3, -0.25) is 0 Å². The summed E-state index contributed by atoms with van der Waals surface area (Å²) in [5, 5.41) is 8.91. The number of carboxylic acids is 1. The Hall–Kier alpha value is -1.09. The van der Waals surface area contributed by atoms with Crippen LogP contribution < -0.4 is 0 Å². The SMILES string of the molecule is O=C(O)c1cc(C2CCC2)cnc1Cl. The van der Waals surface area contributed by atoms with Crippen LogP contribution in [0.3, 0.4) is 0 Å². The van der Waals surface area contributed by atoms with E-state index in [1.165, 1.54) is 6.42 Å². The van der Waals surface area contributed by atoms with Crippen molar-refractivity contribution in [2.75, 3.05) is 0 Å². The Morgan fingerprint density at radius 1 is 1.57 bits per heavy atom. The molecule has 4 heteroatoms. The van der Waals surface area contributed by atoms with Gasteiger partial charge in [0.05, 0.1) is 5.56 Å². The maximum atomic E-state index is 10.8. The van der Waals surface area contributed by atoms with Crippen molar-refractivity contribution in [2.24, 2.45) is 0 Å². The number of nitrogens with zero attached hydrogens (tertiary/aromatic N) is 1. The minimum absolute atomic E-state index is 0.0700. The number of hydrogen-bond acceptors (Lipinski definition) is 2. The van der Waals surface area contributed by atoms with E-state index in [4.69, 9.17) is 16.7 Å². The van der Waals surface area contributed by atoms with Crippen molar-refractivity contribution in [3.63, 3.8) is 0 Å². The van der Waals surface area contributed by atoms with Gasteiger partial charge in [-0.15, -0.1) is 0 Å². The van der Waals surface area contributed by atoms with E-state index in [1.807, 2.05) is 0 Å². The average Bonchev–Trinajstić information content (AvgIpc) is 2.04. The first-order valence-electron chi connectivity index (χ1n) is 4.57. The molecule has 0 amide bonds. The zero-order valence-electron chi connectivity index (χ0n) is 7.53. The van der Waals surface area contributed by atoms with Crippen molar-refractivity contribution in [1.29, 1.82) is 0 Å². The first kappa shape index (κ1) is 9.46. The summed E-state index contributed by atoms with van der Waals surface area (Å²) in [6.45, 7) is 0. The van der Waals surface area contributed by atoms with Crippen LogP contribution in [0.15, 0.2) is 12.3 Å². The van der Waals surface area contributed by atoms with Crippen LogP contribution in [0.25, 0.3) is 0 Å². The number of rotatable bonds is 2. The number of halogens is 1. The molecule has 0 atom stereocenters. The summed E-state index contributed by atoms with van der Waals surface area (Å²) < 4.78 is 0. The molecule has 1 fully saturated rings. The summed E-state index contributed by atoms with van der Waals surface area (Å²) in [6, 6.07) is 1.64. The Morgan fingerprint density at radius 2 is 2.29 bits per heavy atom. The highest BCUT2D eigenvalue weighted by Crippen LogP contribution is 2.36. The second-order valence-electron chi connectivity index (χ2n) is 3.54. The van der Waals surface area contributed by atoms with E-state index in [0.717, 1.165) is 18.4 Å². The molecule has 1 saturated carbocycles. The van der Waals surface area contributed by atoms with E-state index >= 15 is 0 Å². The first-order valence-corrected chi connectivity index (χ1v) is 4.95. The van der Waals surface area contributed by atoms with Crippen molar-refractivity contribution < 1.29 is 9.90 Å². The van der Waals surface area contributed by atoms with Gasteiger partial charge in [0, 0.05) is 6.20 Å². The molecule has 2 rings (SSSR count). The Bertz CT molecular complexity index is 374. The fourth-order valence-corrected chi connectivity index (χ4v) is 1.76. The minimum Gasteiger partial charge on any atom is -0.478 e. The Labute approximate surface area is 86.7 Å². The van der Waals surface area contributed by atoms with E-state index in [9.17, 15) is 4.79 Å². The third-order valence-corrected chi connectivity index (χ3v) is 2.97. The van der Waals surface area contributed by atoms with Crippen LogP contribution in [0.4, 0.5) is 0 Å². The van der Waals surface area contributed by atoms with Crippen LogP contribution in [0.1, 0.15) is 41.1 Å². The lowest BCUT2D eigenvalue weighted by molar-refractivity contribution is 0.0696. The molecule has 0 aromatic carbocycles. The molecule has 3 nitrogen and oxygen atoms in total. The highest BCUT2D eigenvalue weighted by molar-refractivity contribution is 6.32. The zero-order valence-corrected chi connectivity index (χ0v) is 8.29. The molecule has 0 saturated heterocycles. The molecule has 0 spiro atoms. The number of aromatic nitrogens is 1. The third kappa shape index (κ3) is 1.60. The highest BCUT2D eigenvalue weighted by Gasteiger charge is 2.21. The number of pyridine rings is 1. The predicted octanol–water partition coefficient (Wildman–Crippen LogP) is 2.70. The van der Waals surface area contributed by atoms with Gasteiger partial charge in [-0.1, -0.05) is 18.0 Å². The molecule has 14 heavy (non-hydrogen) atoms. The second kappa shape index (κ2) is 3.58. The summed E-state index contributed by atoms with van der Waals surface area (Å²) in [4.78, 5) is 14.7. The Kier molecular flexibility index (Phi) is 2.42. The predicted molar refractivity (Wildman–Crippen MR) is 52.8 cm³/mol. The van der Waals surface area contributed by atoms with Gasteiger partial charge in [0.1, 0.15) is 5.15 Å². The summed E-state index contributed by atoms with van der Waals surface area (Å²) >= 11 is 5.67. The molecule has 0 aliphatic heterocycles. The molecule has 1 aromatic heterocycles. The van der Waals surface area contributed by atoms with Crippen LogP contribution >= 0.6 is 11.6 Å². The van der Waals surface area contributed by atoms with Gasteiger partial charge in [0.15, 0.2) is 0 Å². The summed E-state index contributed by atoms with van der Waals surface area (Å²) in [5.74, 6) is -0.526. The number of carbonyl (C=O) groups is 1. The summed E-state index contributed by atoms with van der Waals surface area (Å²) in [5.41, 5.74) is 1.11.